The van der Waals surface area contributed by atoms with E-state index < -0.39 is 20.6 Å². The fourth-order valence-corrected chi connectivity index (χ4v) is 1.66. The summed E-state index contributed by atoms with van der Waals surface area (Å²) in [6.07, 6.45) is 0. The molecule has 1 nitrogen and oxygen atoms in total. The van der Waals surface area contributed by atoms with Crippen LogP contribution in [-0.4, -0.2) is 20.6 Å². The van der Waals surface area contributed by atoms with Crippen LogP contribution in [0.15, 0.2) is 18.2 Å². The lowest BCUT2D eigenvalue weighted by Gasteiger charge is -2.20. The normalized spacial score (nSPS) is 11.4. The Labute approximate surface area is 85.0 Å². The van der Waals surface area contributed by atoms with Crippen LogP contribution in [0.5, 0.6) is 0 Å². The van der Waals surface area contributed by atoms with Crippen molar-refractivity contribution in [2.45, 2.75) is 19.6 Å². The van der Waals surface area contributed by atoms with Gasteiger partial charge in [-0.2, -0.15) is 0 Å². The van der Waals surface area contributed by atoms with Gasteiger partial charge in [0.1, 0.15) is 20.6 Å². The third-order valence-electron chi connectivity index (χ3n) is 2.35. The molecule has 0 aromatic heterocycles. The van der Waals surface area contributed by atoms with Crippen molar-refractivity contribution in [3.63, 3.8) is 0 Å². The summed E-state index contributed by atoms with van der Waals surface area (Å²) in [5, 5.41) is 0. The standard InChI is InChI=1S/C10H15F2NSi/c1-13(14(2)3)7-8-9(11)5-4-6-10(8)12/h4-6,14H,7H2,1-3H3. The first kappa shape index (κ1) is 11.3. The molecular formula is C10H15F2NSi. The predicted molar refractivity (Wildman–Crippen MR) is 56.7 cm³/mol. The molecule has 0 saturated carbocycles. The van der Waals surface area contributed by atoms with E-state index in [-0.39, 0.29) is 5.56 Å². The van der Waals surface area contributed by atoms with E-state index in [9.17, 15) is 8.78 Å². The molecule has 1 aromatic carbocycles. The van der Waals surface area contributed by atoms with Crippen LogP contribution < -0.4 is 0 Å². The molecule has 0 aliphatic carbocycles. The monoisotopic (exact) mass is 215 g/mol. The summed E-state index contributed by atoms with van der Waals surface area (Å²) in [4.78, 5) is 0. The lowest BCUT2D eigenvalue weighted by molar-refractivity contribution is 0.468. The topological polar surface area (TPSA) is 3.24 Å². The molecule has 0 radical (unpaired) electrons. The molecule has 0 aliphatic heterocycles. The number of rotatable bonds is 3. The van der Waals surface area contributed by atoms with Gasteiger partial charge in [-0.15, -0.1) is 0 Å². The fourth-order valence-electron chi connectivity index (χ4n) is 1.12. The SMILES string of the molecule is CN(Cc1c(F)cccc1F)[SiH](C)C. The smallest absolute Gasteiger partial charge is 0.130 e. The van der Waals surface area contributed by atoms with Gasteiger partial charge in [-0.25, -0.2) is 8.78 Å². The highest BCUT2D eigenvalue weighted by Gasteiger charge is 2.12. The van der Waals surface area contributed by atoms with Crippen LogP contribution in [0, 0.1) is 11.6 Å². The number of nitrogens with zero attached hydrogens (tertiary/aromatic N) is 1. The van der Waals surface area contributed by atoms with Crippen molar-refractivity contribution >= 4 is 8.96 Å². The molecule has 0 unspecified atom stereocenters. The Morgan fingerprint density at radius 2 is 1.71 bits per heavy atom. The molecule has 0 fully saturated rings. The highest BCUT2D eigenvalue weighted by molar-refractivity contribution is 6.52. The Morgan fingerprint density at radius 1 is 1.21 bits per heavy atom. The molecular weight excluding hydrogens is 200 g/mol. The Hall–Kier alpha value is -0.743. The van der Waals surface area contributed by atoms with E-state index in [1.54, 1.807) is 0 Å². The van der Waals surface area contributed by atoms with E-state index in [1.165, 1.54) is 18.2 Å². The summed E-state index contributed by atoms with van der Waals surface area (Å²) < 4.78 is 28.5. The molecule has 0 amide bonds. The first-order chi connectivity index (χ1) is 6.52. The van der Waals surface area contributed by atoms with E-state index in [0.29, 0.717) is 6.54 Å². The third-order valence-corrected chi connectivity index (χ3v) is 4.30. The Kier molecular flexibility index (Phi) is 3.77. The molecule has 0 spiro atoms. The number of hydrogen-bond acceptors (Lipinski definition) is 1. The molecule has 0 atom stereocenters. The van der Waals surface area contributed by atoms with Crippen molar-refractivity contribution in [3.8, 4) is 0 Å². The molecule has 14 heavy (non-hydrogen) atoms. The minimum Gasteiger partial charge on any atom is -0.325 e. The van der Waals surface area contributed by atoms with Gasteiger partial charge in [0.2, 0.25) is 0 Å². The molecule has 0 saturated heterocycles. The molecule has 78 valence electrons. The average Bonchev–Trinajstić information content (AvgIpc) is 2.11. The van der Waals surface area contributed by atoms with Gasteiger partial charge in [-0.1, -0.05) is 19.2 Å². The minimum absolute atomic E-state index is 0.177. The average molecular weight is 215 g/mol. The van der Waals surface area contributed by atoms with Crippen LogP contribution in [0.1, 0.15) is 5.56 Å². The van der Waals surface area contributed by atoms with Gasteiger partial charge in [0.05, 0.1) is 0 Å². The summed E-state index contributed by atoms with van der Waals surface area (Å²) in [6.45, 7) is 4.61. The zero-order valence-electron chi connectivity index (χ0n) is 8.72. The van der Waals surface area contributed by atoms with Gasteiger partial charge in [0, 0.05) is 12.1 Å². The van der Waals surface area contributed by atoms with Crippen LogP contribution in [0.25, 0.3) is 0 Å². The predicted octanol–water partition coefficient (Wildman–Crippen LogP) is 2.38. The summed E-state index contributed by atoms with van der Waals surface area (Å²) >= 11 is 0. The summed E-state index contributed by atoms with van der Waals surface area (Å²) in [5.74, 6) is -0.905. The van der Waals surface area contributed by atoms with Gasteiger partial charge in [-0.05, 0) is 19.2 Å². The van der Waals surface area contributed by atoms with Crippen molar-refractivity contribution < 1.29 is 8.78 Å². The molecule has 0 aliphatic rings. The summed E-state index contributed by atoms with van der Waals surface area (Å²) in [7, 11) is 0.930. The minimum atomic E-state index is -0.976. The molecule has 4 heteroatoms. The van der Waals surface area contributed by atoms with Crippen LogP contribution in [0.2, 0.25) is 13.1 Å². The number of benzene rings is 1. The Morgan fingerprint density at radius 3 is 2.14 bits per heavy atom. The van der Waals surface area contributed by atoms with Gasteiger partial charge >= 0.3 is 0 Å². The van der Waals surface area contributed by atoms with Crippen molar-refractivity contribution in [1.82, 2.24) is 4.57 Å². The molecule has 1 aromatic rings. The highest BCUT2D eigenvalue weighted by Crippen LogP contribution is 2.14. The second-order valence-electron chi connectivity index (χ2n) is 3.71. The zero-order valence-corrected chi connectivity index (χ0v) is 9.87. The van der Waals surface area contributed by atoms with Crippen molar-refractivity contribution in [3.05, 3.63) is 35.4 Å². The third kappa shape index (κ3) is 2.62. The highest BCUT2D eigenvalue weighted by atomic mass is 28.3. The van der Waals surface area contributed by atoms with Gasteiger partial charge in [0.15, 0.2) is 0 Å². The van der Waals surface area contributed by atoms with Crippen LogP contribution >= 0.6 is 0 Å². The van der Waals surface area contributed by atoms with Crippen molar-refractivity contribution in [2.75, 3.05) is 7.05 Å². The van der Waals surface area contributed by atoms with Crippen LogP contribution in [0.3, 0.4) is 0 Å². The molecule has 0 bridgehead atoms. The van der Waals surface area contributed by atoms with E-state index in [4.69, 9.17) is 0 Å². The lowest BCUT2D eigenvalue weighted by atomic mass is 10.2. The fraction of sp³-hybridized carbons (Fsp3) is 0.400. The van der Waals surface area contributed by atoms with E-state index >= 15 is 0 Å². The van der Waals surface area contributed by atoms with E-state index in [0.717, 1.165) is 0 Å². The summed E-state index contributed by atoms with van der Waals surface area (Å²) in [5.41, 5.74) is 0.177. The first-order valence-corrected chi connectivity index (χ1v) is 7.48. The maximum absolute atomic E-state index is 13.2. The first-order valence-electron chi connectivity index (χ1n) is 4.65. The van der Waals surface area contributed by atoms with E-state index in [1.807, 2.05) is 11.6 Å². The van der Waals surface area contributed by atoms with Gasteiger partial charge in [-0.3, -0.25) is 0 Å². The Bertz CT molecular complexity index is 295. The molecule has 0 heterocycles. The maximum atomic E-state index is 13.2. The quantitative estimate of drug-likeness (QED) is 0.700. The molecule has 0 N–H and O–H groups in total. The lowest BCUT2D eigenvalue weighted by Crippen LogP contribution is -2.30. The number of hydrogen-bond donors (Lipinski definition) is 0. The largest absolute Gasteiger partial charge is 0.325 e. The zero-order chi connectivity index (χ0) is 10.7. The summed E-state index contributed by atoms with van der Waals surface area (Å²) in [6, 6.07) is 3.99. The molecule has 1 rings (SSSR count). The van der Waals surface area contributed by atoms with Crippen molar-refractivity contribution in [2.24, 2.45) is 0 Å². The second-order valence-corrected chi connectivity index (χ2v) is 6.78. The van der Waals surface area contributed by atoms with Gasteiger partial charge < -0.3 is 4.57 Å². The van der Waals surface area contributed by atoms with Crippen LogP contribution in [0.4, 0.5) is 8.78 Å². The van der Waals surface area contributed by atoms with Crippen molar-refractivity contribution in [1.29, 1.82) is 0 Å². The van der Waals surface area contributed by atoms with Crippen LogP contribution in [-0.2, 0) is 6.54 Å². The van der Waals surface area contributed by atoms with E-state index in [2.05, 4.69) is 13.1 Å². The second kappa shape index (κ2) is 4.66. The Balaban J connectivity index is 2.85. The maximum Gasteiger partial charge on any atom is 0.130 e. The van der Waals surface area contributed by atoms with Gasteiger partial charge in [0.25, 0.3) is 0 Å². The number of halogens is 2.